The Balaban J connectivity index is 2.37. The molecule has 0 saturated carbocycles. The third kappa shape index (κ3) is 2.78. The Hall–Kier alpha value is -3.13. The molecule has 0 aliphatic rings. The first-order chi connectivity index (χ1) is 12.7. The number of fused-ring (bicyclic) bond motifs is 1. The van der Waals surface area contributed by atoms with E-state index < -0.39 is 58.0 Å². The fourth-order valence-corrected chi connectivity index (χ4v) is 2.87. The van der Waals surface area contributed by atoms with Crippen LogP contribution in [-0.4, -0.2) is 34.5 Å². The van der Waals surface area contributed by atoms with Crippen LogP contribution in [0, 0.1) is 29.1 Å². The van der Waals surface area contributed by atoms with Gasteiger partial charge in [0.1, 0.15) is 12.0 Å². The maximum Gasteiger partial charge on any atom is 0.417 e. The van der Waals surface area contributed by atoms with Crippen LogP contribution < -0.4 is 4.31 Å². The zero-order valence-corrected chi connectivity index (χ0v) is 13.3. The average Bonchev–Trinajstić information content (AvgIpc) is 3.06. The molecule has 1 aromatic carbocycles. The molecule has 0 fully saturated rings. The smallest absolute Gasteiger partial charge is 0.417 e. The van der Waals surface area contributed by atoms with Gasteiger partial charge in [-0.25, -0.2) is 45.6 Å². The van der Waals surface area contributed by atoms with Gasteiger partial charge >= 0.3 is 6.09 Å². The number of benzene rings is 1. The van der Waals surface area contributed by atoms with Gasteiger partial charge in [-0.15, -0.1) is 0 Å². The second-order valence-electron chi connectivity index (χ2n) is 4.83. The average molecular weight is 407 g/mol. The SMILES string of the molecule is O=C(O)n1ccc2c(N(c3c(F)c(F)c(F)c(F)c3F)S(=O)[O-])ncnc21. The van der Waals surface area contributed by atoms with Gasteiger partial charge in [0.25, 0.3) is 0 Å². The van der Waals surface area contributed by atoms with Crippen molar-refractivity contribution in [2.45, 2.75) is 0 Å². The lowest BCUT2D eigenvalue weighted by Gasteiger charge is -2.26. The molecule has 0 saturated heterocycles. The van der Waals surface area contributed by atoms with Gasteiger partial charge in [0.05, 0.1) is 16.7 Å². The maximum absolute atomic E-state index is 14.1. The summed E-state index contributed by atoms with van der Waals surface area (Å²) in [6, 6.07) is 0.991. The molecule has 1 unspecified atom stereocenters. The van der Waals surface area contributed by atoms with Crippen molar-refractivity contribution in [3.8, 4) is 0 Å². The van der Waals surface area contributed by atoms with Crippen LogP contribution in [0.25, 0.3) is 11.0 Å². The van der Waals surface area contributed by atoms with Crippen LogP contribution in [0.1, 0.15) is 0 Å². The Morgan fingerprint density at radius 3 is 2.15 bits per heavy atom. The van der Waals surface area contributed by atoms with Crippen molar-refractivity contribution in [2.75, 3.05) is 4.31 Å². The van der Waals surface area contributed by atoms with Gasteiger partial charge < -0.3 is 9.66 Å². The van der Waals surface area contributed by atoms with E-state index in [1.807, 2.05) is 0 Å². The number of hydrogen-bond donors (Lipinski definition) is 1. The van der Waals surface area contributed by atoms with E-state index in [4.69, 9.17) is 5.11 Å². The van der Waals surface area contributed by atoms with E-state index in [-0.39, 0.29) is 15.3 Å². The van der Waals surface area contributed by atoms with Crippen molar-refractivity contribution in [1.29, 1.82) is 0 Å². The fourth-order valence-electron chi connectivity index (χ4n) is 2.28. The molecule has 14 heteroatoms. The Morgan fingerprint density at radius 1 is 1.07 bits per heavy atom. The summed E-state index contributed by atoms with van der Waals surface area (Å²) in [6.07, 6.45) is 0.0548. The molecule has 142 valence electrons. The van der Waals surface area contributed by atoms with Gasteiger partial charge in [-0.2, -0.15) is 0 Å². The molecular weight excluding hydrogens is 403 g/mol. The van der Waals surface area contributed by atoms with E-state index in [2.05, 4.69) is 9.97 Å². The van der Waals surface area contributed by atoms with Gasteiger partial charge in [0, 0.05) is 6.20 Å². The van der Waals surface area contributed by atoms with E-state index in [1.54, 1.807) is 0 Å². The molecule has 0 aliphatic carbocycles. The van der Waals surface area contributed by atoms with E-state index in [0.717, 1.165) is 12.3 Å². The minimum atomic E-state index is -3.61. The van der Waals surface area contributed by atoms with Crippen LogP contribution >= 0.6 is 0 Å². The first-order valence-corrected chi connectivity index (χ1v) is 7.66. The molecule has 3 aromatic rings. The third-order valence-corrected chi connectivity index (χ3v) is 4.05. The molecule has 0 aliphatic heterocycles. The van der Waals surface area contributed by atoms with Crippen LogP contribution in [0.15, 0.2) is 18.6 Å². The number of carboxylic acid groups (broad SMARTS) is 1. The number of anilines is 2. The van der Waals surface area contributed by atoms with Gasteiger partial charge in [-0.05, 0) is 6.07 Å². The van der Waals surface area contributed by atoms with Crippen molar-refractivity contribution < 1.29 is 40.6 Å². The minimum absolute atomic E-state index is 0.285. The first-order valence-electron chi connectivity index (χ1n) is 6.63. The van der Waals surface area contributed by atoms with Gasteiger partial charge in [-0.3, -0.25) is 4.21 Å². The Bertz CT molecular complexity index is 1090. The number of aromatic nitrogens is 3. The predicted octanol–water partition coefficient (Wildman–Crippen LogP) is 2.59. The van der Waals surface area contributed by atoms with E-state index in [9.17, 15) is 35.5 Å². The molecule has 0 bridgehead atoms. The molecule has 2 aromatic heterocycles. The highest BCUT2D eigenvalue weighted by Crippen LogP contribution is 2.37. The van der Waals surface area contributed by atoms with Crippen molar-refractivity contribution in [1.82, 2.24) is 14.5 Å². The molecule has 2 heterocycles. The number of rotatable bonds is 3. The molecular formula is C13H4F5N4O4S-. The molecule has 0 radical (unpaired) electrons. The lowest BCUT2D eigenvalue weighted by Crippen LogP contribution is -2.25. The van der Waals surface area contributed by atoms with Crippen LogP contribution in [0.3, 0.4) is 0 Å². The van der Waals surface area contributed by atoms with E-state index in [1.165, 1.54) is 0 Å². The van der Waals surface area contributed by atoms with Gasteiger partial charge in [0.2, 0.25) is 5.82 Å². The third-order valence-electron chi connectivity index (χ3n) is 3.40. The van der Waals surface area contributed by atoms with Crippen LogP contribution in [0.2, 0.25) is 0 Å². The molecule has 0 amide bonds. The van der Waals surface area contributed by atoms with Crippen molar-refractivity contribution in [3.05, 3.63) is 47.7 Å². The number of carbonyl (C=O) groups is 1. The lowest BCUT2D eigenvalue weighted by molar-refractivity contribution is 0.197. The summed E-state index contributed by atoms with van der Waals surface area (Å²) in [7, 11) is 0. The van der Waals surface area contributed by atoms with Crippen molar-refractivity contribution >= 4 is 39.9 Å². The second kappa shape index (κ2) is 6.55. The summed E-state index contributed by atoms with van der Waals surface area (Å²) >= 11 is -3.61. The predicted molar refractivity (Wildman–Crippen MR) is 78.2 cm³/mol. The van der Waals surface area contributed by atoms with E-state index in [0.29, 0.717) is 10.9 Å². The Labute approximate surface area is 147 Å². The number of halogens is 5. The van der Waals surface area contributed by atoms with Crippen LogP contribution in [-0.2, 0) is 11.3 Å². The summed E-state index contributed by atoms with van der Waals surface area (Å²) in [5.41, 5.74) is -2.19. The molecule has 8 nitrogen and oxygen atoms in total. The zero-order valence-electron chi connectivity index (χ0n) is 12.5. The maximum atomic E-state index is 14.1. The second-order valence-corrected chi connectivity index (χ2v) is 5.63. The zero-order chi connectivity index (χ0) is 20.0. The largest absolute Gasteiger partial charge is 0.755 e. The van der Waals surface area contributed by atoms with Crippen molar-refractivity contribution in [2.24, 2.45) is 0 Å². The fraction of sp³-hybridized carbons (Fsp3) is 0. The van der Waals surface area contributed by atoms with E-state index >= 15 is 0 Å². The highest BCUT2D eigenvalue weighted by atomic mass is 32.2. The molecule has 27 heavy (non-hydrogen) atoms. The van der Waals surface area contributed by atoms with Crippen molar-refractivity contribution in [3.63, 3.8) is 0 Å². The summed E-state index contributed by atoms with van der Waals surface area (Å²) in [6.45, 7) is 0. The summed E-state index contributed by atoms with van der Waals surface area (Å²) < 4.78 is 91.6. The standard InChI is InChI=1S/C13H5F5N4O4S/c14-5-6(15)8(17)10(9(18)7(5)16)22(27(25)26)12-4-1-2-21(13(23)24)11(4)19-3-20-12/h1-3H,(H,23,24)(H,25,26)/p-1. The quantitative estimate of drug-likeness (QED) is 0.309. The normalized spacial score (nSPS) is 12.4. The molecule has 0 spiro atoms. The highest BCUT2D eigenvalue weighted by Gasteiger charge is 2.32. The summed E-state index contributed by atoms with van der Waals surface area (Å²) in [5, 5.41) is 8.69. The topological polar surface area (TPSA) is 111 Å². The lowest BCUT2D eigenvalue weighted by atomic mass is 10.2. The monoisotopic (exact) mass is 407 g/mol. The van der Waals surface area contributed by atoms with Gasteiger partial charge in [-0.1, -0.05) is 0 Å². The summed E-state index contributed by atoms with van der Waals surface area (Å²) in [5.74, 6) is -12.9. The van der Waals surface area contributed by atoms with Crippen LogP contribution in [0.5, 0.6) is 0 Å². The number of nitrogens with zero attached hydrogens (tertiary/aromatic N) is 4. The Morgan fingerprint density at radius 2 is 1.63 bits per heavy atom. The minimum Gasteiger partial charge on any atom is -0.755 e. The highest BCUT2D eigenvalue weighted by molar-refractivity contribution is 7.81. The van der Waals surface area contributed by atoms with Crippen LogP contribution in [0.4, 0.5) is 38.3 Å². The summed E-state index contributed by atoms with van der Waals surface area (Å²) in [4.78, 5) is 18.2. The molecule has 1 atom stereocenters. The Kier molecular flexibility index (Phi) is 4.52. The molecule has 3 rings (SSSR count). The van der Waals surface area contributed by atoms with Gasteiger partial charge in [0.15, 0.2) is 34.7 Å². The molecule has 1 N–H and O–H groups in total. The number of hydrogen-bond acceptors (Lipinski definition) is 5. The first kappa shape index (κ1) is 18.7.